The van der Waals surface area contributed by atoms with Crippen LogP contribution >= 0.6 is 0 Å². The highest BCUT2D eigenvalue weighted by Gasteiger charge is 2.20. The van der Waals surface area contributed by atoms with Crippen LogP contribution in [0.1, 0.15) is 38.1 Å². The van der Waals surface area contributed by atoms with Gasteiger partial charge in [0, 0.05) is 31.6 Å². The number of hydrogen-bond acceptors (Lipinski definition) is 5. The van der Waals surface area contributed by atoms with Crippen molar-refractivity contribution in [2.24, 2.45) is 0 Å². The molecule has 0 saturated carbocycles. The van der Waals surface area contributed by atoms with Crippen molar-refractivity contribution in [1.82, 2.24) is 20.0 Å². The average molecular weight is 364 g/mol. The van der Waals surface area contributed by atoms with Crippen LogP contribution in [0.3, 0.4) is 0 Å². The Bertz CT molecular complexity index is 849. The van der Waals surface area contributed by atoms with Crippen LogP contribution in [0.2, 0.25) is 0 Å². The molecule has 3 rings (SSSR count). The van der Waals surface area contributed by atoms with E-state index in [0.717, 1.165) is 12.0 Å². The molecule has 1 unspecified atom stereocenters. The minimum Gasteiger partial charge on any atom is -0.339 e. The second-order valence-corrected chi connectivity index (χ2v) is 6.49. The van der Waals surface area contributed by atoms with Crippen molar-refractivity contribution >= 4 is 5.91 Å². The first-order valence-corrected chi connectivity index (χ1v) is 9.24. The molecule has 6 nitrogen and oxygen atoms in total. The Morgan fingerprint density at radius 3 is 2.63 bits per heavy atom. The Hall–Kier alpha value is -3.02. The van der Waals surface area contributed by atoms with E-state index in [2.05, 4.69) is 29.0 Å². The monoisotopic (exact) mass is 364 g/mol. The molecule has 0 aliphatic rings. The average Bonchev–Trinajstić information content (AvgIpc) is 3.20. The van der Waals surface area contributed by atoms with Gasteiger partial charge in [-0.3, -0.25) is 9.78 Å². The SMILES string of the molecule is CCC(C)N(Cc1ccccc1)C(=O)CCc1nc(-c2ccccn2)no1. The maximum atomic E-state index is 12.8. The Labute approximate surface area is 159 Å². The Morgan fingerprint density at radius 2 is 1.93 bits per heavy atom. The van der Waals surface area contributed by atoms with Crippen LogP contribution in [0.15, 0.2) is 59.3 Å². The van der Waals surface area contributed by atoms with Gasteiger partial charge in [-0.15, -0.1) is 0 Å². The van der Waals surface area contributed by atoms with Crippen molar-refractivity contribution < 1.29 is 9.32 Å². The minimum absolute atomic E-state index is 0.0887. The fraction of sp³-hybridized carbons (Fsp3) is 0.333. The van der Waals surface area contributed by atoms with Crippen molar-refractivity contribution in [3.63, 3.8) is 0 Å². The number of carbonyl (C=O) groups excluding carboxylic acids is 1. The van der Waals surface area contributed by atoms with Gasteiger partial charge in [-0.05, 0) is 31.0 Å². The van der Waals surface area contributed by atoms with Crippen molar-refractivity contribution in [2.75, 3.05) is 0 Å². The predicted octanol–water partition coefficient (Wildman–Crippen LogP) is 3.89. The topological polar surface area (TPSA) is 72.1 Å². The largest absolute Gasteiger partial charge is 0.339 e. The Morgan fingerprint density at radius 1 is 1.15 bits per heavy atom. The standard InChI is InChI=1S/C21H24N4O2/c1-3-16(2)25(15-17-9-5-4-6-10-17)20(26)13-12-19-23-21(24-27-19)18-11-7-8-14-22-18/h4-11,14,16H,3,12-13,15H2,1-2H3. The van der Waals surface area contributed by atoms with Gasteiger partial charge in [0.2, 0.25) is 17.6 Å². The van der Waals surface area contributed by atoms with Crippen LogP contribution in [-0.2, 0) is 17.8 Å². The molecule has 140 valence electrons. The summed E-state index contributed by atoms with van der Waals surface area (Å²) in [5.41, 5.74) is 1.78. The van der Waals surface area contributed by atoms with E-state index in [0.29, 0.717) is 36.8 Å². The second kappa shape index (κ2) is 9.07. The normalized spacial score (nSPS) is 11.9. The van der Waals surface area contributed by atoms with Crippen LogP contribution in [0, 0.1) is 0 Å². The molecule has 2 heterocycles. The maximum Gasteiger partial charge on any atom is 0.227 e. The van der Waals surface area contributed by atoms with E-state index in [-0.39, 0.29) is 11.9 Å². The van der Waals surface area contributed by atoms with Gasteiger partial charge in [0.25, 0.3) is 0 Å². The van der Waals surface area contributed by atoms with Gasteiger partial charge in [-0.1, -0.05) is 48.5 Å². The smallest absolute Gasteiger partial charge is 0.227 e. The summed E-state index contributed by atoms with van der Waals surface area (Å²) in [5, 5.41) is 3.95. The molecule has 27 heavy (non-hydrogen) atoms. The quantitative estimate of drug-likeness (QED) is 0.606. The number of aryl methyl sites for hydroxylation is 1. The van der Waals surface area contributed by atoms with Gasteiger partial charge in [0.15, 0.2) is 0 Å². The molecule has 0 saturated heterocycles. The van der Waals surface area contributed by atoms with Crippen molar-refractivity contribution in [2.45, 2.75) is 45.7 Å². The fourth-order valence-electron chi connectivity index (χ4n) is 2.80. The van der Waals surface area contributed by atoms with Crippen LogP contribution in [0.4, 0.5) is 0 Å². The molecule has 0 spiro atoms. The van der Waals surface area contributed by atoms with Gasteiger partial charge in [0.1, 0.15) is 5.69 Å². The molecule has 0 aliphatic heterocycles. The lowest BCUT2D eigenvalue weighted by atomic mass is 10.1. The number of pyridine rings is 1. The van der Waals surface area contributed by atoms with E-state index in [1.165, 1.54) is 0 Å². The molecule has 0 bridgehead atoms. The highest BCUT2D eigenvalue weighted by molar-refractivity contribution is 5.76. The number of amides is 1. The van der Waals surface area contributed by atoms with Gasteiger partial charge in [-0.2, -0.15) is 4.98 Å². The third kappa shape index (κ3) is 5.00. The molecule has 0 N–H and O–H groups in total. The molecular formula is C21H24N4O2. The van der Waals surface area contributed by atoms with Crippen molar-refractivity contribution in [3.8, 4) is 11.5 Å². The third-order valence-corrected chi connectivity index (χ3v) is 4.55. The summed E-state index contributed by atoms with van der Waals surface area (Å²) in [6.45, 7) is 4.78. The molecule has 6 heteroatoms. The first-order chi connectivity index (χ1) is 13.2. The van der Waals surface area contributed by atoms with E-state index >= 15 is 0 Å². The lowest BCUT2D eigenvalue weighted by Crippen LogP contribution is -2.37. The molecule has 0 radical (unpaired) electrons. The van der Waals surface area contributed by atoms with Gasteiger partial charge in [-0.25, -0.2) is 0 Å². The Balaban J connectivity index is 1.63. The fourth-order valence-corrected chi connectivity index (χ4v) is 2.80. The van der Waals surface area contributed by atoms with Crippen LogP contribution in [0.25, 0.3) is 11.5 Å². The summed E-state index contributed by atoms with van der Waals surface area (Å²) in [6.07, 6.45) is 3.34. The van der Waals surface area contributed by atoms with Crippen LogP contribution in [-0.4, -0.2) is 32.0 Å². The lowest BCUT2D eigenvalue weighted by Gasteiger charge is -2.28. The van der Waals surface area contributed by atoms with E-state index in [1.807, 2.05) is 53.4 Å². The first-order valence-electron chi connectivity index (χ1n) is 9.24. The zero-order chi connectivity index (χ0) is 19.1. The first kappa shape index (κ1) is 18.8. The molecule has 1 aromatic carbocycles. The third-order valence-electron chi connectivity index (χ3n) is 4.55. The van der Waals surface area contributed by atoms with E-state index in [1.54, 1.807) is 6.20 Å². The van der Waals surface area contributed by atoms with Crippen molar-refractivity contribution in [1.29, 1.82) is 0 Å². The predicted molar refractivity (Wildman–Crippen MR) is 103 cm³/mol. The summed E-state index contributed by atoms with van der Waals surface area (Å²) in [6, 6.07) is 15.7. The highest BCUT2D eigenvalue weighted by Crippen LogP contribution is 2.16. The summed E-state index contributed by atoms with van der Waals surface area (Å²) >= 11 is 0. The molecule has 1 atom stereocenters. The Kier molecular flexibility index (Phi) is 6.30. The number of rotatable bonds is 8. The molecule has 1 amide bonds. The summed E-state index contributed by atoms with van der Waals surface area (Å²) in [4.78, 5) is 23.3. The zero-order valence-corrected chi connectivity index (χ0v) is 15.7. The second-order valence-electron chi connectivity index (χ2n) is 6.49. The van der Waals surface area contributed by atoms with E-state index < -0.39 is 0 Å². The van der Waals surface area contributed by atoms with Crippen molar-refractivity contribution in [3.05, 3.63) is 66.2 Å². The zero-order valence-electron chi connectivity index (χ0n) is 15.7. The van der Waals surface area contributed by atoms with E-state index in [9.17, 15) is 4.79 Å². The molecule has 3 aromatic rings. The molecular weight excluding hydrogens is 340 g/mol. The molecule has 2 aromatic heterocycles. The highest BCUT2D eigenvalue weighted by atomic mass is 16.5. The number of aromatic nitrogens is 3. The number of nitrogens with zero attached hydrogens (tertiary/aromatic N) is 4. The van der Waals surface area contributed by atoms with Gasteiger partial charge >= 0.3 is 0 Å². The number of carbonyl (C=O) groups is 1. The van der Waals surface area contributed by atoms with Crippen LogP contribution < -0.4 is 0 Å². The number of benzene rings is 1. The van der Waals surface area contributed by atoms with Crippen LogP contribution in [0.5, 0.6) is 0 Å². The number of hydrogen-bond donors (Lipinski definition) is 0. The molecule has 0 fully saturated rings. The minimum atomic E-state index is 0.0887. The summed E-state index contributed by atoms with van der Waals surface area (Å²) in [5.74, 6) is 0.986. The van der Waals surface area contributed by atoms with E-state index in [4.69, 9.17) is 4.52 Å². The maximum absolute atomic E-state index is 12.8. The molecule has 0 aliphatic carbocycles. The lowest BCUT2D eigenvalue weighted by molar-refractivity contribution is -0.134. The van der Waals surface area contributed by atoms with Gasteiger partial charge in [0.05, 0.1) is 0 Å². The summed E-state index contributed by atoms with van der Waals surface area (Å²) < 4.78 is 5.28. The summed E-state index contributed by atoms with van der Waals surface area (Å²) in [7, 11) is 0. The van der Waals surface area contributed by atoms with Gasteiger partial charge < -0.3 is 9.42 Å².